The van der Waals surface area contributed by atoms with E-state index in [-0.39, 0.29) is 11.7 Å². The second kappa shape index (κ2) is 9.09. The summed E-state index contributed by atoms with van der Waals surface area (Å²) in [6, 6.07) is 10.7. The van der Waals surface area contributed by atoms with Gasteiger partial charge in [-0.25, -0.2) is 4.39 Å². The molecule has 29 heavy (non-hydrogen) atoms. The number of nitrogens with one attached hydrogen (secondary N) is 3. The summed E-state index contributed by atoms with van der Waals surface area (Å²) in [7, 11) is 0. The molecule has 3 N–H and O–H groups in total. The normalized spacial score (nSPS) is 15.4. The Morgan fingerprint density at radius 2 is 1.93 bits per heavy atom. The first-order valence-electron chi connectivity index (χ1n) is 10.1. The molecular formula is C23H29FN4O. The van der Waals surface area contributed by atoms with Crippen LogP contribution in [0, 0.1) is 12.7 Å². The molecular weight excluding hydrogens is 367 g/mol. The molecule has 0 radical (unpaired) electrons. The third-order valence-corrected chi connectivity index (χ3v) is 5.20. The summed E-state index contributed by atoms with van der Waals surface area (Å²) in [5.41, 5.74) is 4.70. The lowest BCUT2D eigenvalue weighted by atomic mass is 10.1. The van der Waals surface area contributed by atoms with Crippen LogP contribution in [0.25, 0.3) is 5.57 Å². The summed E-state index contributed by atoms with van der Waals surface area (Å²) in [6.07, 6.45) is 1.63. The van der Waals surface area contributed by atoms with Gasteiger partial charge in [-0.15, -0.1) is 0 Å². The van der Waals surface area contributed by atoms with E-state index in [1.807, 2.05) is 18.2 Å². The molecule has 0 spiro atoms. The molecule has 2 aromatic carbocycles. The van der Waals surface area contributed by atoms with Crippen molar-refractivity contribution in [2.75, 3.05) is 35.6 Å². The Morgan fingerprint density at radius 1 is 1.17 bits per heavy atom. The number of rotatable bonds is 8. The molecule has 1 heterocycles. The Kier molecular flexibility index (Phi) is 6.54. The molecule has 0 saturated carbocycles. The quantitative estimate of drug-likeness (QED) is 0.567. The number of carbonyl (C=O) groups excluding carboxylic acids is 1. The SMILES string of the molecule is CCN(CC)CC(C)Nc1ccc(NC=C2C(=O)Nc3ccc(F)cc32)cc1C. The van der Waals surface area contributed by atoms with Crippen molar-refractivity contribution >= 4 is 28.5 Å². The van der Waals surface area contributed by atoms with E-state index < -0.39 is 0 Å². The van der Waals surface area contributed by atoms with E-state index in [1.54, 1.807) is 12.3 Å². The number of benzene rings is 2. The number of likely N-dealkylation sites (N-methyl/N-ethyl adjacent to an activating group) is 1. The zero-order valence-corrected chi connectivity index (χ0v) is 17.5. The van der Waals surface area contributed by atoms with E-state index in [2.05, 4.69) is 48.5 Å². The Bertz CT molecular complexity index is 921. The number of fused-ring (bicyclic) bond motifs is 1. The monoisotopic (exact) mass is 396 g/mol. The molecule has 1 unspecified atom stereocenters. The number of amides is 1. The third kappa shape index (κ3) is 4.95. The summed E-state index contributed by atoms with van der Waals surface area (Å²) in [4.78, 5) is 14.6. The molecule has 0 bridgehead atoms. The van der Waals surface area contributed by atoms with E-state index in [1.165, 1.54) is 12.1 Å². The Morgan fingerprint density at radius 3 is 2.62 bits per heavy atom. The van der Waals surface area contributed by atoms with Crippen molar-refractivity contribution in [1.29, 1.82) is 0 Å². The predicted octanol–water partition coefficient (Wildman–Crippen LogP) is 4.68. The number of anilines is 3. The lowest BCUT2D eigenvalue weighted by Crippen LogP contribution is -2.34. The minimum absolute atomic E-state index is 0.238. The maximum atomic E-state index is 13.6. The lowest BCUT2D eigenvalue weighted by Gasteiger charge is -2.25. The fourth-order valence-corrected chi connectivity index (χ4v) is 3.55. The molecule has 0 aromatic heterocycles. The topological polar surface area (TPSA) is 56.4 Å². The molecule has 1 aliphatic rings. The van der Waals surface area contributed by atoms with Crippen molar-refractivity contribution in [2.24, 2.45) is 0 Å². The summed E-state index contributed by atoms with van der Waals surface area (Å²) < 4.78 is 13.6. The maximum absolute atomic E-state index is 13.6. The maximum Gasteiger partial charge on any atom is 0.257 e. The van der Waals surface area contributed by atoms with Gasteiger partial charge >= 0.3 is 0 Å². The van der Waals surface area contributed by atoms with Crippen LogP contribution in [-0.4, -0.2) is 36.5 Å². The smallest absolute Gasteiger partial charge is 0.257 e. The molecule has 6 heteroatoms. The first-order chi connectivity index (χ1) is 13.9. The standard InChI is InChI=1S/C23H29FN4O/c1-5-28(6-2)14-16(4)26-21-10-8-18(11-15(21)3)25-13-20-19-12-17(24)7-9-22(19)27-23(20)29/h7-13,16,25-26H,5-6,14H2,1-4H3,(H,27,29). The first-order valence-corrected chi connectivity index (χ1v) is 10.1. The second-order valence-electron chi connectivity index (χ2n) is 7.41. The minimum atomic E-state index is -0.365. The van der Waals surface area contributed by atoms with Crippen LogP contribution >= 0.6 is 0 Å². The van der Waals surface area contributed by atoms with Crippen LogP contribution in [0.15, 0.2) is 42.6 Å². The summed E-state index contributed by atoms with van der Waals surface area (Å²) in [6.45, 7) is 11.7. The molecule has 1 atom stereocenters. The number of carbonyl (C=O) groups is 1. The first kappa shape index (κ1) is 20.9. The average molecular weight is 397 g/mol. The number of halogens is 1. The van der Waals surface area contributed by atoms with E-state index in [0.29, 0.717) is 22.9 Å². The number of hydrogen-bond donors (Lipinski definition) is 3. The van der Waals surface area contributed by atoms with Crippen LogP contribution in [0.5, 0.6) is 0 Å². The van der Waals surface area contributed by atoms with E-state index in [9.17, 15) is 9.18 Å². The van der Waals surface area contributed by atoms with Gasteiger partial charge in [-0.05, 0) is 68.9 Å². The molecule has 5 nitrogen and oxygen atoms in total. The van der Waals surface area contributed by atoms with Gasteiger partial charge in [-0.2, -0.15) is 0 Å². The molecule has 1 amide bonds. The van der Waals surface area contributed by atoms with Crippen LogP contribution < -0.4 is 16.0 Å². The van der Waals surface area contributed by atoms with Gasteiger partial charge < -0.3 is 20.9 Å². The molecule has 154 valence electrons. The Balaban J connectivity index is 1.69. The van der Waals surface area contributed by atoms with Crippen LogP contribution in [0.3, 0.4) is 0 Å². The highest BCUT2D eigenvalue weighted by molar-refractivity contribution is 6.31. The summed E-state index contributed by atoms with van der Waals surface area (Å²) in [5.74, 6) is -0.602. The minimum Gasteiger partial charge on any atom is -0.381 e. The van der Waals surface area contributed by atoms with Gasteiger partial charge in [0.2, 0.25) is 0 Å². The van der Waals surface area contributed by atoms with Crippen LogP contribution in [0.2, 0.25) is 0 Å². The predicted molar refractivity (Wildman–Crippen MR) is 119 cm³/mol. The van der Waals surface area contributed by atoms with Gasteiger partial charge in [0.15, 0.2) is 0 Å². The van der Waals surface area contributed by atoms with Crippen molar-refractivity contribution in [3.63, 3.8) is 0 Å². The van der Waals surface area contributed by atoms with Gasteiger partial charge in [0.1, 0.15) is 5.82 Å². The third-order valence-electron chi connectivity index (χ3n) is 5.20. The van der Waals surface area contributed by atoms with Crippen molar-refractivity contribution in [1.82, 2.24) is 4.90 Å². The van der Waals surface area contributed by atoms with Gasteiger partial charge in [-0.1, -0.05) is 13.8 Å². The molecule has 1 aliphatic heterocycles. The Hall–Kier alpha value is -2.86. The number of aryl methyl sites for hydroxylation is 1. The Labute approximate surface area is 172 Å². The van der Waals surface area contributed by atoms with Crippen molar-refractivity contribution < 1.29 is 9.18 Å². The molecule has 0 fully saturated rings. The van der Waals surface area contributed by atoms with Crippen molar-refractivity contribution in [3.05, 3.63) is 59.5 Å². The molecule has 2 aromatic rings. The van der Waals surface area contributed by atoms with E-state index in [0.717, 1.165) is 36.6 Å². The zero-order valence-electron chi connectivity index (χ0n) is 17.5. The molecule has 0 aliphatic carbocycles. The summed E-state index contributed by atoms with van der Waals surface area (Å²) in [5, 5.41) is 9.49. The van der Waals surface area contributed by atoms with Gasteiger partial charge in [0.05, 0.1) is 5.57 Å². The summed E-state index contributed by atoms with van der Waals surface area (Å²) >= 11 is 0. The van der Waals surface area contributed by atoms with Crippen molar-refractivity contribution in [3.8, 4) is 0 Å². The van der Waals surface area contributed by atoms with E-state index >= 15 is 0 Å². The molecule has 0 saturated heterocycles. The van der Waals surface area contributed by atoms with Crippen LogP contribution in [-0.2, 0) is 4.79 Å². The highest BCUT2D eigenvalue weighted by atomic mass is 19.1. The zero-order chi connectivity index (χ0) is 21.0. The highest BCUT2D eigenvalue weighted by Crippen LogP contribution is 2.32. The highest BCUT2D eigenvalue weighted by Gasteiger charge is 2.24. The van der Waals surface area contributed by atoms with E-state index in [4.69, 9.17) is 0 Å². The molecule has 3 rings (SSSR count). The van der Waals surface area contributed by atoms with Gasteiger partial charge in [-0.3, -0.25) is 4.79 Å². The van der Waals surface area contributed by atoms with Gasteiger partial charge in [0.25, 0.3) is 5.91 Å². The van der Waals surface area contributed by atoms with Gasteiger partial charge in [0, 0.05) is 41.4 Å². The number of nitrogens with zero attached hydrogens (tertiary/aromatic N) is 1. The lowest BCUT2D eigenvalue weighted by molar-refractivity contribution is -0.110. The fourth-order valence-electron chi connectivity index (χ4n) is 3.55. The largest absolute Gasteiger partial charge is 0.381 e. The van der Waals surface area contributed by atoms with Crippen molar-refractivity contribution in [2.45, 2.75) is 33.7 Å². The van der Waals surface area contributed by atoms with Crippen LogP contribution in [0.1, 0.15) is 31.9 Å². The number of hydrogen-bond acceptors (Lipinski definition) is 4. The van der Waals surface area contributed by atoms with Crippen LogP contribution in [0.4, 0.5) is 21.5 Å². The average Bonchev–Trinajstić information content (AvgIpc) is 3.00. The second-order valence-corrected chi connectivity index (χ2v) is 7.41. The fraction of sp³-hybridized carbons (Fsp3) is 0.348.